The minimum Gasteiger partial charge on any atom is -0.478 e. The van der Waals surface area contributed by atoms with Crippen LogP contribution in [0, 0.1) is 5.82 Å². The molecule has 0 aromatic heterocycles. The zero-order valence-electron chi connectivity index (χ0n) is 21.7. The molecule has 194 valence electrons. The molecule has 7 nitrogen and oxygen atoms in total. The van der Waals surface area contributed by atoms with Crippen molar-refractivity contribution in [3.8, 4) is 0 Å². The van der Waals surface area contributed by atoms with Crippen molar-refractivity contribution < 1.29 is 19.1 Å². The summed E-state index contributed by atoms with van der Waals surface area (Å²) in [5.41, 5.74) is 3.34. The molecule has 0 saturated carbocycles. The van der Waals surface area contributed by atoms with Gasteiger partial charge in [0.15, 0.2) is 0 Å². The Morgan fingerprint density at radius 2 is 2.11 bits per heavy atom. The number of allylic oxidation sites excluding steroid dienone is 5. The number of carboxylic acid groups (broad SMARTS) is 1. The summed E-state index contributed by atoms with van der Waals surface area (Å²) >= 11 is 0. The summed E-state index contributed by atoms with van der Waals surface area (Å²) in [5.74, 6) is -1.35. The van der Waals surface area contributed by atoms with Crippen molar-refractivity contribution in [3.05, 3.63) is 95.4 Å². The van der Waals surface area contributed by atoms with Gasteiger partial charge < -0.3 is 20.2 Å². The molecule has 2 N–H and O–H groups in total. The third-order valence-electron chi connectivity index (χ3n) is 6.41. The molecular formula is C29H33FN4O3. The van der Waals surface area contributed by atoms with E-state index >= 15 is 0 Å². The van der Waals surface area contributed by atoms with Gasteiger partial charge in [-0.3, -0.25) is 4.79 Å². The van der Waals surface area contributed by atoms with Crippen LogP contribution in [-0.2, 0) is 9.59 Å². The van der Waals surface area contributed by atoms with E-state index in [-0.39, 0.29) is 17.5 Å². The molecule has 1 atom stereocenters. The topological polar surface area (TPSA) is 85.2 Å². The van der Waals surface area contributed by atoms with E-state index in [0.29, 0.717) is 42.2 Å². The van der Waals surface area contributed by atoms with Gasteiger partial charge >= 0.3 is 5.97 Å². The summed E-state index contributed by atoms with van der Waals surface area (Å²) in [4.78, 5) is 32.7. The van der Waals surface area contributed by atoms with E-state index in [1.165, 1.54) is 12.1 Å². The molecule has 0 saturated heterocycles. The predicted molar refractivity (Wildman–Crippen MR) is 146 cm³/mol. The number of amides is 1. The van der Waals surface area contributed by atoms with E-state index in [9.17, 15) is 14.0 Å². The highest BCUT2D eigenvalue weighted by Crippen LogP contribution is 2.27. The first-order chi connectivity index (χ1) is 17.6. The molecule has 2 heterocycles. The van der Waals surface area contributed by atoms with Crippen molar-refractivity contribution in [2.45, 2.75) is 33.2 Å². The number of hydrogen-bond acceptors (Lipinski definition) is 5. The Labute approximate surface area is 217 Å². The van der Waals surface area contributed by atoms with Crippen LogP contribution in [0.1, 0.15) is 38.3 Å². The normalized spacial score (nSPS) is 21.7. The van der Waals surface area contributed by atoms with E-state index in [0.717, 1.165) is 17.3 Å². The van der Waals surface area contributed by atoms with Gasteiger partial charge in [0.25, 0.3) is 5.91 Å². The largest absolute Gasteiger partial charge is 0.478 e. The molecule has 1 unspecified atom stereocenters. The van der Waals surface area contributed by atoms with Crippen molar-refractivity contribution in [2.24, 2.45) is 4.99 Å². The first-order valence-electron chi connectivity index (χ1n) is 12.1. The van der Waals surface area contributed by atoms with Gasteiger partial charge in [0.05, 0.1) is 6.04 Å². The number of nitrogens with one attached hydrogen (secondary N) is 1. The maximum Gasteiger partial charge on any atom is 0.328 e. The smallest absolute Gasteiger partial charge is 0.328 e. The van der Waals surface area contributed by atoms with Gasteiger partial charge in [-0.1, -0.05) is 37.3 Å². The summed E-state index contributed by atoms with van der Waals surface area (Å²) in [5, 5.41) is 12.0. The van der Waals surface area contributed by atoms with Crippen molar-refractivity contribution in [2.75, 3.05) is 20.1 Å². The zero-order valence-corrected chi connectivity index (χ0v) is 21.7. The number of aliphatic imine (C=N–C) groups is 1. The number of hydrogen-bond donors (Lipinski definition) is 2. The number of carbonyl (C=O) groups is 2. The number of benzene rings is 1. The molecule has 0 fully saturated rings. The highest BCUT2D eigenvalue weighted by molar-refractivity contribution is 6.43. The maximum atomic E-state index is 14.8. The van der Waals surface area contributed by atoms with E-state index < -0.39 is 11.8 Å². The van der Waals surface area contributed by atoms with E-state index in [1.807, 2.05) is 51.1 Å². The van der Waals surface area contributed by atoms with Crippen LogP contribution in [0.2, 0.25) is 0 Å². The second-order valence-corrected chi connectivity index (χ2v) is 8.88. The SMILES string of the molecule is C=C(/C=C1/N=C(C(=O)N2CCN/C=C\C=C(\C)C2C)C=C(CC)N1C)c1ccc(/C=C/C(=O)O)cc1F. The number of nitrogens with zero attached hydrogens (tertiary/aromatic N) is 3. The van der Waals surface area contributed by atoms with Gasteiger partial charge in [-0.2, -0.15) is 0 Å². The van der Waals surface area contributed by atoms with Crippen LogP contribution in [0.3, 0.4) is 0 Å². The number of carboxylic acids is 1. The van der Waals surface area contributed by atoms with Crippen molar-refractivity contribution in [1.82, 2.24) is 15.1 Å². The van der Waals surface area contributed by atoms with Crippen LogP contribution in [0.4, 0.5) is 4.39 Å². The summed E-state index contributed by atoms with van der Waals surface area (Å²) in [7, 11) is 1.85. The fourth-order valence-electron chi connectivity index (χ4n) is 4.05. The number of halogens is 1. The fraction of sp³-hybridized carbons (Fsp3) is 0.276. The standard InChI is InChI=1S/C29H33FN4O3/c1-6-23-18-26(29(37)34-15-14-31-13-7-8-19(2)21(34)4)32-27(33(23)5)16-20(3)24-11-9-22(17-25(24)30)10-12-28(35)36/h7-13,16-18,21,31H,3,6,14-15H2,1-2,4-5H3,(H,35,36)/b12-10+,13-7-,19-8-,27-16-. The minimum absolute atomic E-state index is 0.108. The Balaban J connectivity index is 1.94. The van der Waals surface area contributed by atoms with Gasteiger partial charge in [0.1, 0.15) is 17.3 Å². The Morgan fingerprint density at radius 1 is 1.35 bits per heavy atom. The Hall–Kier alpha value is -4.20. The second kappa shape index (κ2) is 12.2. The monoisotopic (exact) mass is 504 g/mol. The Kier molecular flexibility index (Phi) is 9.00. The number of rotatable bonds is 6. The van der Waals surface area contributed by atoms with E-state index in [4.69, 9.17) is 5.11 Å². The van der Waals surface area contributed by atoms with Gasteiger partial charge in [-0.15, -0.1) is 0 Å². The molecule has 0 aliphatic carbocycles. The lowest BCUT2D eigenvalue weighted by molar-refractivity contribution is -0.131. The average molecular weight is 505 g/mol. The van der Waals surface area contributed by atoms with Crippen LogP contribution in [0.15, 0.2) is 83.4 Å². The Bertz CT molecular complexity index is 1270. The van der Waals surface area contributed by atoms with Crippen LogP contribution >= 0.6 is 0 Å². The first kappa shape index (κ1) is 27.4. The lowest BCUT2D eigenvalue weighted by atomic mass is 10.0. The number of carbonyl (C=O) groups excluding carboxylic acids is 1. The molecule has 0 radical (unpaired) electrons. The van der Waals surface area contributed by atoms with Gasteiger partial charge in [-0.05, 0) is 68.0 Å². The minimum atomic E-state index is -1.11. The summed E-state index contributed by atoms with van der Waals surface area (Å²) < 4.78 is 14.8. The summed E-state index contributed by atoms with van der Waals surface area (Å²) in [6, 6.07) is 4.31. The van der Waals surface area contributed by atoms with Gasteiger partial charge in [-0.25, -0.2) is 14.2 Å². The molecule has 0 spiro atoms. The third kappa shape index (κ3) is 6.73. The first-order valence-corrected chi connectivity index (χ1v) is 12.1. The number of aliphatic carboxylic acids is 1. The summed E-state index contributed by atoms with van der Waals surface area (Å²) in [6.45, 7) is 11.1. The Morgan fingerprint density at radius 3 is 2.78 bits per heavy atom. The van der Waals surface area contributed by atoms with Crippen molar-refractivity contribution in [3.63, 3.8) is 0 Å². The molecule has 1 aromatic rings. The van der Waals surface area contributed by atoms with E-state index in [1.54, 1.807) is 29.2 Å². The molecule has 1 aromatic carbocycles. The van der Waals surface area contributed by atoms with Crippen LogP contribution < -0.4 is 5.32 Å². The molecule has 2 aliphatic rings. The molecule has 37 heavy (non-hydrogen) atoms. The lowest BCUT2D eigenvalue weighted by Gasteiger charge is -2.32. The highest BCUT2D eigenvalue weighted by atomic mass is 19.1. The van der Waals surface area contributed by atoms with Crippen LogP contribution in [-0.4, -0.2) is 58.7 Å². The van der Waals surface area contributed by atoms with Gasteiger partial charge in [0.2, 0.25) is 0 Å². The van der Waals surface area contributed by atoms with Crippen molar-refractivity contribution >= 4 is 29.2 Å². The fourth-order valence-corrected chi connectivity index (χ4v) is 4.05. The average Bonchev–Trinajstić information content (AvgIpc) is 2.94. The van der Waals surface area contributed by atoms with Gasteiger partial charge in [0, 0.05) is 37.5 Å². The molecule has 2 aliphatic heterocycles. The zero-order chi connectivity index (χ0) is 27.1. The predicted octanol–water partition coefficient (Wildman–Crippen LogP) is 4.74. The second-order valence-electron chi connectivity index (χ2n) is 8.88. The van der Waals surface area contributed by atoms with E-state index in [2.05, 4.69) is 16.9 Å². The lowest BCUT2D eigenvalue weighted by Crippen LogP contribution is -2.46. The molecular weight excluding hydrogens is 471 g/mol. The molecule has 3 rings (SSSR count). The molecule has 1 amide bonds. The molecule has 0 bridgehead atoms. The highest BCUT2D eigenvalue weighted by Gasteiger charge is 2.28. The molecule has 8 heteroatoms. The van der Waals surface area contributed by atoms with Crippen molar-refractivity contribution in [1.29, 1.82) is 0 Å². The third-order valence-corrected chi connectivity index (χ3v) is 6.41. The quantitative estimate of drug-likeness (QED) is 0.547. The van der Waals surface area contributed by atoms with Crippen LogP contribution in [0.25, 0.3) is 11.6 Å². The van der Waals surface area contributed by atoms with Crippen LogP contribution in [0.5, 0.6) is 0 Å². The summed E-state index contributed by atoms with van der Waals surface area (Å²) in [6.07, 6.45) is 12.2. The maximum absolute atomic E-state index is 14.8.